The lowest BCUT2D eigenvalue weighted by atomic mass is 10.3. The van der Waals surface area contributed by atoms with Crippen LogP contribution in [-0.4, -0.2) is 46.5 Å². The highest BCUT2D eigenvalue weighted by Gasteiger charge is 2.33. The van der Waals surface area contributed by atoms with Gasteiger partial charge in [0.2, 0.25) is 0 Å². The summed E-state index contributed by atoms with van der Waals surface area (Å²) in [6, 6.07) is 8.68. The van der Waals surface area contributed by atoms with Crippen molar-refractivity contribution >= 4 is 6.09 Å². The van der Waals surface area contributed by atoms with E-state index in [1.807, 2.05) is 6.07 Å². The van der Waals surface area contributed by atoms with Crippen LogP contribution in [0, 0.1) is 0 Å². The molecule has 2 rings (SSSR count). The van der Waals surface area contributed by atoms with Gasteiger partial charge in [-0.05, 0) is 12.1 Å². The van der Waals surface area contributed by atoms with Crippen LogP contribution in [0.2, 0.25) is 0 Å². The van der Waals surface area contributed by atoms with Crippen molar-refractivity contribution in [3.63, 3.8) is 0 Å². The van der Waals surface area contributed by atoms with Crippen LogP contribution < -0.4 is 4.74 Å². The molecule has 0 unspecified atom stereocenters. The van der Waals surface area contributed by atoms with Crippen molar-refractivity contribution < 1.29 is 19.7 Å². The Morgan fingerprint density at radius 3 is 2.31 bits per heavy atom. The molecule has 2 atom stereocenters. The summed E-state index contributed by atoms with van der Waals surface area (Å²) in [6.07, 6.45) is -2.33. The summed E-state index contributed by atoms with van der Waals surface area (Å²) < 4.78 is 5.06. The quantitative estimate of drug-likeness (QED) is 0.714. The Balaban J connectivity index is 1.95. The fraction of sp³-hybridized carbons (Fsp3) is 0.364. The largest absolute Gasteiger partial charge is 0.415 e. The van der Waals surface area contributed by atoms with E-state index in [1.165, 1.54) is 4.90 Å². The molecule has 5 nitrogen and oxygen atoms in total. The van der Waals surface area contributed by atoms with Crippen molar-refractivity contribution in [2.24, 2.45) is 0 Å². The van der Waals surface area contributed by atoms with Gasteiger partial charge in [-0.25, -0.2) is 4.79 Å². The fourth-order valence-corrected chi connectivity index (χ4v) is 1.57. The molecule has 1 aliphatic rings. The Morgan fingerprint density at radius 1 is 1.19 bits per heavy atom. The van der Waals surface area contributed by atoms with Gasteiger partial charge in [0.1, 0.15) is 5.75 Å². The maximum absolute atomic E-state index is 11.6. The molecule has 5 heteroatoms. The van der Waals surface area contributed by atoms with Crippen LogP contribution in [0.3, 0.4) is 0 Å². The van der Waals surface area contributed by atoms with Crippen molar-refractivity contribution in [2.75, 3.05) is 13.1 Å². The van der Waals surface area contributed by atoms with Crippen LogP contribution >= 0.6 is 0 Å². The number of nitrogens with zero attached hydrogens (tertiary/aromatic N) is 1. The second-order valence-corrected chi connectivity index (χ2v) is 3.72. The molecule has 1 aromatic rings. The molecule has 1 saturated heterocycles. The van der Waals surface area contributed by atoms with E-state index in [2.05, 4.69) is 0 Å². The predicted molar refractivity (Wildman–Crippen MR) is 56.1 cm³/mol. The van der Waals surface area contributed by atoms with E-state index in [0.29, 0.717) is 5.75 Å². The zero-order valence-corrected chi connectivity index (χ0v) is 8.61. The molecule has 1 heterocycles. The standard InChI is InChI=1S/C11H13NO4/c13-9-6-12(7-10(9)14)11(15)16-8-4-2-1-3-5-8/h1-5,9-10,13-14H,6-7H2/t9-,10-/m1/s1. The third-order valence-corrected chi connectivity index (χ3v) is 2.47. The zero-order chi connectivity index (χ0) is 11.5. The molecule has 0 bridgehead atoms. The molecule has 2 N–H and O–H groups in total. The summed E-state index contributed by atoms with van der Waals surface area (Å²) in [5.74, 6) is 0.448. The first-order valence-electron chi connectivity index (χ1n) is 5.05. The third-order valence-electron chi connectivity index (χ3n) is 2.47. The van der Waals surface area contributed by atoms with Gasteiger partial charge in [-0.2, -0.15) is 0 Å². The minimum Gasteiger partial charge on any atom is -0.410 e. The maximum atomic E-state index is 11.6. The van der Waals surface area contributed by atoms with E-state index in [4.69, 9.17) is 4.74 Å². The summed E-state index contributed by atoms with van der Waals surface area (Å²) in [7, 11) is 0. The number of likely N-dealkylation sites (tertiary alicyclic amines) is 1. The Hall–Kier alpha value is -1.59. The Morgan fingerprint density at radius 2 is 1.75 bits per heavy atom. The van der Waals surface area contributed by atoms with E-state index in [1.54, 1.807) is 24.3 Å². The van der Waals surface area contributed by atoms with Crippen LogP contribution in [0.15, 0.2) is 30.3 Å². The van der Waals surface area contributed by atoms with Crippen molar-refractivity contribution in [3.8, 4) is 5.75 Å². The number of rotatable bonds is 1. The first-order chi connectivity index (χ1) is 7.66. The van der Waals surface area contributed by atoms with Gasteiger partial charge in [0, 0.05) is 0 Å². The molecule has 1 fully saturated rings. The van der Waals surface area contributed by atoms with Gasteiger partial charge in [0.25, 0.3) is 0 Å². The van der Waals surface area contributed by atoms with Gasteiger partial charge in [-0.1, -0.05) is 18.2 Å². The van der Waals surface area contributed by atoms with Crippen molar-refractivity contribution in [2.45, 2.75) is 12.2 Å². The molecule has 86 valence electrons. The van der Waals surface area contributed by atoms with Crippen molar-refractivity contribution in [1.82, 2.24) is 4.90 Å². The van der Waals surface area contributed by atoms with Crippen LogP contribution in [-0.2, 0) is 0 Å². The van der Waals surface area contributed by atoms with Crippen molar-refractivity contribution in [3.05, 3.63) is 30.3 Å². The number of carbonyl (C=O) groups excluding carboxylic acids is 1. The summed E-state index contributed by atoms with van der Waals surface area (Å²) >= 11 is 0. The van der Waals surface area contributed by atoms with Gasteiger partial charge < -0.3 is 19.8 Å². The van der Waals surface area contributed by atoms with E-state index in [-0.39, 0.29) is 13.1 Å². The molecule has 1 aliphatic heterocycles. The smallest absolute Gasteiger partial charge is 0.410 e. The molecule has 1 amide bonds. The lowest BCUT2D eigenvalue weighted by molar-refractivity contribution is 0.0572. The third kappa shape index (κ3) is 2.32. The first kappa shape index (κ1) is 10.9. The van der Waals surface area contributed by atoms with Gasteiger partial charge in [-0.3, -0.25) is 0 Å². The first-order valence-corrected chi connectivity index (χ1v) is 5.05. The second-order valence-electron chi connectivity index (χ2n) is 3.72. The number of amides is 1. The lowest BCUT2D eigenvalue weighted by Crippen LogP contribution is -2.32. The fourth-order valence-electron chi connectivity index (χ4n) is 1.57. The Kier molecular flexibility index (Phi) is 3.07. The molecule has 0 spiro atoms. The Labute approximate surface area is 92.9 Å². The minimum absolute atomic E-state index is 0.104. The molecule has 0 aromatic heterocycles. The van der Waals surface area contributed by atoms with Crippen LogP contribution in [0.4, 0.5) is 4.79 Å². The van der Waals surface area contributed by atoms with Crippen LogP contribution in [0.25, 0.3) is 0 Å². The highest BCUT2D eigenvalue weighted by Crippen LogP contribution is 2.14. The van der Waals surface area contributed by atoms with Gasteiger partial charge in [0.05, 0.1) is 25.3 Å². The monoisotopic (exact) mass is 223 g/mol. The molecule has 0 radical (unpaired) electrons. The number of benzene rings is 1. The average Bonchev–Trinajstić information content (AvgIpc) is 2.61. The summed E-state index contributed by atoms with van der Waals surface area (Å²) in [5, 5.41) is 18.6. The summed E-state index contributed by atoms with van der Waals surface area (Å²) in [6.45, 7) is 0.208. The topological polar surface area (TPSA) is 70.0 Å². The van der Waals surface area contributed by atoms with E-state index < -0.39 is 18.3 Å². The van der Waals surface area contributed by atoms with Gasteiger partial charge in [-0.15, -0.1) is 0 Å². The number of carbonyl (C=O) groups is 1. The molecule has 0 saturated carbocycles. The highest BCUT2D eigenvalue weighted by molar-refractivity contribution is 5.71. The maximum Gasteiger partial charge on any atom is 0.415 e. The number of para-hydroxylation sites is 1. The molecule has 1 aromatic carbocycles. The number of aliphatic hydroxyl groups excluding tert-OH is 2. The number of hydrogen-bond donors (Lipinski definition) is 2. The van der Waals surface area contributed by atoms with E-state index in [9.17, 15) is 15.0 Å². The SMILES string of the molecule is O=C(Oc1ccccc1)N1C[C@@H](O)[C@H](O)C1. The highest BCUT2D eigenvalue weighted by atomic mass is 16.6. The number of β-amino-alcohol motifs (C(OH)–C–C–N with tert-alkyl or cyclic N) is 2. The number of aliphatic hydroxyl groups is 2. The lowest BCUT2D eigenvalue weighted by Gasteiger charge is -2.14. The van der Waals surface area contributed by atoms with E-state index >= 15 is 0 Å². The van der Waals surface area contributed by atoms with Gasteiger partial charge >= 0.3 is 6.09 Å². The number of ether oxygens (including phenoxy) is 1. The Bertz CT molecular complexity index is 358. The van der Waals surface area contributed by atoms with Crippen LogP contribution in [0.5, 0.6) is 5.75 Å². The normalized spacial score (nSPS) is 24.5. The summed E-state index contributed by atoms with van der Waals surface area (Å²) in [5.41, 5.74) is 0. The average molecular weight is 223 g/mol. The molecular formula is C11H13NO4. The predicted octanol–water partition coefficient (Wildman–Crippen LogP) is 0.223. The number of hydrogen-bond acceptors (Lipinski definition) is 4. The zero-order valence-electron chi connectivity index (χ0n) is 8.61. The minimum atomic E-state index is -0.886. The molecular weight excluding hydrogens is 210 g/mol. The summed E-state index contributed by atoms with van der Waals surface area (Å²) in [4.78, 5) is 12.9. The van der Waals surface area contributed by atoms with Crippen molar-refractivity contribution in [1.29, 1.82) is 0 Å². The van der Waals surface area contributed by atoms with E-state index in [0.717, 1.165) is 0 Å². The van der Waals surface area contributed by atoms with Crippen LogP contribution in [0.1, 0.15) is 0 Å². The van der Waals surface area contributed by atoms with Gasteiger partial charge in [0.15, 0.2) is 0 Å². The molecule has 0 aliphatic carbocycles. The second kappa shape index (κ2) is 4.51. The molecule has 16 heavy (non-hydrogen) atoms.